The number of nitrogens with zero attached hydrogens (tertiary/aromatic N) is 2. The number of aromatic nitrogens is 2. The third-order valence-corrected chi connectivity index (χ3v) is 3.19. The molecule has 2 heterocycles. The van der Waals surface area contributed by atoms with Crippen LogP contribution in [0.15, 0.2) is 4.42 Å². The first-order valence-electron chi connectivity index (χ1n) is 7.27. The second-order valence-corrected chi connectivity index (χ2v) is 4.88. The fraction of sp³-hybridized carbons (Fsp3) is 0.846. The van der Waals surface area contributed by atoms with Crippen LogP contribution in [0.4, 0.5) is 6.01 Å². The Morgan fingerprint density at radius 2 is 2.21 bits per heavy atom. The minimum absolute atomic E-state index is 0.384. The first-order chi connectivity index (χ1) is 9.38. The number of nitrogens with one attached hydrogen (secondary N) is 2. The lowest BCUT2D eigenvalue weighted by Crippen LogP contribution is -2.22. The highest BCUT2D eigenvalue weighted by atomic mass is 16.5. The summed E-state index contributed by atoms with van der Waals surface area (Å²) in [4.78, 5) is 0. The average molecular weight is 268 g/mol. The molecule has 1 unspecified atom stereocenters. The van der Waals surface area contributed by atoms with Crippen LogP contribution in [0.5, 0.6) is 0 Å². The summed E-state index contributed by atoms with van der Waals surface area (Å²) < 4.78 is 11.2. The molecule has 0 bridgehead atoms. The van der Waals surface area contributed by atoms with Crippen LogP contribution >= 0.6 is 0 Å². The Balaban J connectivity index is 1.62. The third-order valence-electron chi connectivity index (χ3n) is 3.19. The number of rotatable bonds is 8. The molecule has 0 saturated carbocycles. The molecule has 1 aromatic heterocycles. The third kappa shape index (κ3) is 5.16. The molecule has 19 heavy (non-hydrogen) atoms. The lowest BCUT2D eigenvalue weighted by molar-refractivity contribution is 0.0134. The second-order valence-electron chi connectivity index (χ2n) is 4.88. The molecule has 6 nitrogen and oxygen atoms in total. The molecule has 108 valence electrons. The van der Waals surface area contributed by atoms with E-state index >= 15 is 0 Å². The van der Waals surface area contributed by atoms with Crippen molar-refractivity contribution in [1.82, 2.24) is 15.5 Å². The Morgan fingerprint density at radius 1 is 1.26 bits per heavy atom. The summed E-state index contributed by atoms with van der Waals surface area (Å²) in [5.74, 6) is 0.630. The van der Waals surface area contributed by atoms with Gasteiger partial charge in [-0.1, -0.05) is 12.0 Å². The van der Waals surface area contributed by atoms with Gasteiger partial charge in [-0.05, 0) is 38.6 Å². The van der Waals surface area contributed by atoms with Gasteiger partial charge < -0.3 is 19.8 Å². The van der Waals surface area contributed by atoms with Crippen molar-refractivity contribution in [2.24, 2.45) is 0 Å². The zero-order valence-corrected chi connectivity index (χ0v) is 11.7. The first-order valence-corrected chi connectivity index (χ1v) is 7.27. The summed E-state index contributed by atoms with van der Waals surface area (Å²) in [5.41, 5.74) is 0. The topological polar surface area (TPSA) is 72.2 Å². The lowest BCUT2D eigenvalue weighted by Gasteiger charge is -2.22. The number of hydrogen-bond donors (Lipinski definition) is 2. The van der Waals surface area contributed by atoms with Crippen LogP contribution < -0.4 is 10.6 Å². The molecule has 1 aromatic rings. The van der Waals surface area contributed by atoms with Gasteiger partial charge in [0, 0.05) is 13.2 Å². The number of ether oxygens (including phenoxy) is 1. The molecular formula is C13H24N4O2. The highest BCUT2D eigenvalue weighted by Crippen LogP contribution is 2.15. The van der Waals surface area contributed by atoms with Gasteiger partial charge in [0.1, 0.15) is 0 Å². The summed E-state index contributed by atoms with van der Waals surface area (Å²) in [6.07, 6.45) is 6.11. The van der Waals surface area contributed by atoms with Crippen LogP contribution in [-0.2, 0) is 11.3 Å². The van der Waals surface area contributed by atoms with Crippen LogP contribution in [0.1, 0.15) is 44.9 Å². The Bertz CT molecular complexity index is 350. The smallest absolute Gasteiger partial charge is 0.315 e. The van der Waals surface area contributed by atoms with Crippen molar-refractivity contribution in [1.29, 1.82) is 0 Å². The minimum atomic E-state index is 0.384. The van der Waals surface area contributed by atoms with E-state index in [0.717, 1.165) is 39.0 Å². The van der Waals surface area contributed by atoms with E-state index in [-0.39, 0.29) is 0 Å². The van der Waals surface area contributed by atoms with Crippen LogP contribution in [0.2, 0.25) is 0 Å². The largest absolute Gasteiger partial charge is 0.407 e. The summed E-state index contributed by atoms with van der Waals surface area (Å²) in [5, 5.41) is 14.3. The summed E-state index contributed by atoms with van der Waals surface area (Å²) >= 11 is 0. The molecule has 1 aliphatic rings. The van der Waals surface area contributed by atoms with Gasteiger partial charge in [0.2, 0.25) is 5.89 Å². The highest BCUT2D eigenvalue weighted by molar-refractivity contribution is 5.16. The zero-order valence-electron chi connectivity index (χ0n) is 11.7. The lowest BCUT2D eigenvalue weighted by atomic mass is 10.1. The molecule has 6 heteroatoms. The maximum Gasteiger partial charge on any atom is 0.315 e. The molecular weight excluding hydrogens is 244 g/mol. The number of hydrogen-bond acceptors (Lipinski definition) is 6. The van der Waals surface area contributed by atoms with E-state index in [1.807, 2.05) is 0 Å². The van der Waals surface area contributed by atoms with Crippen molar-refractivity contribution in [3.63, 3.8) is 0 Å². The van der Waals surface area contributed by atoms with Crippen molar-refractivity contribution in [2.75, 3.05) is 25.0 Å². The van der Waals surface area contributed by atoms with Gasteiger partial charge in [-0.2, -0.15) is 0 Å². The molecule has 0 spiro atoms. The predicted octanol–water partition coefficient (Wildman–Crippen LogP) is 1.94. The Labute approximate surface area is 114 Å². The highest BCUT2D eigenvalue weighted by Gasteiger charge is 2.13. The van der Waals surface area contributed by atoms with Crippen LogP contribution in [-0.4, -0.2) is 36.0 Å². The zero-order chi connectivity index (χ0) is 13.3. The molecule has 2 N–H and O–H groups in total. The van der Waals surface area contributed by atoms with Crippen molar-refractivity contribution in [2.45, 2.75) is 51.7 Å². The van der Waals surface area contributed by atoms with Gasteiger partial charge in [0.15, 0.2) is 0 Å². The average Bonchev–Trinajstić information content (AvgIpc) is 2.88. The molecule has 0 aliphatic carbocycles. The van der Waals surface area contributed by atoms with Crippen molar-refractivity contribution >= 4 is 6.01 Å². The van der Waals surface area contributed by atoms with Gasteiger partial charge in [0.25, 0.3) is 0 Å². The Kier molecular flexibility index (Phi) is 6.10. The molecule has 1 aliphatic heterocycles. The van der Waals surface area contributed by atoms with E-state index in [9.17, 15) is 0 Å². The predicted molar refractivity (Wildman–Crippen MR) is 73.0 cm³/mol. The molecule has 1 atom stereocenters. The fourth-order valence-electron chi connectivity index (χ4n) is 2.14. The van der Waals surface area contributed by atoms with E-state index in [2.05, 4.69) is 27.8 Å². The summed E-state index contributed by atoms with van der Waals surface area (Å²) in [7, 11) is 0. The van der Waals surface area contributed by atoms with Crippen LogP contribution in [0.3, 0.4) is 0 Å². The van der Waals surface area contributed by atoms with Crippen LogP contribution in [0.25, 0.3) is 0 Å². The van der Waals surface area contributed by atoms with E-state index in [4.69, 9.17) is 9.15 Å². The Hall–Kier alpha value is -1.14. The second kappa shape index (κ2) is 8.12. The van der Waals surface area contributed by atoms with E-state index in [0.29, 0.717) is 24.6 Å². The molecule has 1 saturated heterocycles. The fourth-order valence-corrected chi connectivity index (χ4v) is 2.14. The normalized spacial score (nSPS) is 19.5. The SMILES string of the molecule is CCCNCc1nnc(NCCC2CCCCO2)o1. The molecule has 0 aromatic carbocycles. The van der Waals surface area contributed by atoms with Gasteiger partial charge in [-0.15, -0.1) is 5.10 Å². The van der Waals surface area contributed by atoms with Crippen LogP contribution in [0, 0.1) is 0 Å². The molecule has 0 radical (unpaired) electrons. The number of anilines is 1. The molecule has 0 amide bonds. The first kappa shape index (κ1) is 14.3. The van der Waals surface area contributed by atoms with Crippen molar-refractivity contribution < 1.29 is 9.15 Å². The minimum Gasteiger partial charge on any atom is -0.407 e. The van der Waals surface area contributed by atoms with Crippen molar-refractivity contribution in [3.8, 4) is 0 Å². The maximum absolute atomic E-state index is 5.67. The van der Waals surface area contributed by atoms with Crippen molar-refractivity contribution in [3.05, 3.63) is 5.89 Å². The van der Waals surface area contributed by atoms with Gasteiger partial charge >= 0.3 is 6.01 Å². The van der Waals surface area contributed by atoms with E-state index < -0.39 is 0 Å². The maximum atomic E-state index is 5.67. The summed E-state index contributed by atoms with van der Waals surface area (Å²) in [6, 6.07) is 0.504. The van der Waals surface area contributed by atoms with E-state index in [1.165, 1.54) is 12.8 Å². The summed E-state index contributed by atoms with van der Waals surface area (Å²) in [6.45, 7) is 5.44. The Morgan fingerprint density at radius 3 is 3.00 bits per heavy atom. The molecule has 1 fully saturated rings. The monoisotopic (exact) mass is 268 g/mol. The standard InChI is InChI=1S/C13H24N4O2/c1-2-7-14-10-12-16-17-13(19-12)15-8-6-11-5-3-4-9-18-11/h11,14H,2-10H2,1H3,(H,15,17). The van der Waals surface area contributed by atoms with Gasteiger partial charge in [0.05, 0.1) is 12.6 Å². The van der Waals surface area contributed by atoms with Gasteiger partial charge in [-0.3, -0.25) is 0 Å². The van der Waals surface area contributed by atoms with Gasteiger partial charge in [-0.25, -0.2) is 0 Å². The molecule has 2 rings (SSSR count). The van der Waals surface area contributed by atoms with E-state index in [1.54, 1.807) is 0 Å². The quantitative estimate of drug-likeness (QED) is 0.702.